The monoisotopic (exact) mass is 371 g/mol. The standard InChI is InChI=1S/C20H25N3O4/c1-16-7-6-8-17(15-16)27-14-5-4-11-20(24)22-13-12-21-18-9-2-3-10-19(18)23(25)26/h2-3,6-10,15,21H,4-5,11-14H2,1H3,(H,22,24). The van der Waals surface area contributed by atoms with Gasteiger partial charge in [-0.25, -0.2) is 0 Å². The first-order valence-corrected chi connectivity index (χ1v) is 9.00. The highest BCUT2D eigenvalue weighted by atomic mass is 16.6. The fraction of sp³-hybridized carbons (Fsp3) is 0.350. The highest BCUT2D eigenvalue weighted by Crippen LogP contribution is 2.22. The molecule has 0 saturated heterocycles. The van der Waals surface area contributed by atoms with E-state index in [1.165, 1.54) is 6.07 Å². The lowest BCUT2D eigenvalue weighted by Crippen LogP contribution is -2.28. The van der Waals surface area contributed by atoms with Crippen LogP contribution in [0.25, 0.3) is 0 Å². The molecule has 7 nitrogen and oxygen atoms in total. The first kappa shape index (κ1) is 20.2. The van der Waals surface area contributed by atoms with Crippen LogP contribution < -0.4 is 15.4 Å². The third-order valence-corrected chi connectivity index (χ3v) is 3.92. The molecule has 0 radical (unpaired) electrons. The normalized spacial score (nSPS) is 10.3. The number of unbranched alkanes of at least 4 members (excludes halogenated alkanes) is 1. The smallest absolute Gasteiger partial charge is 0.292 e. The maximum atomic E-state index is 11.8. The van der Waals surface area contributed by atoms with Gasteiger partial charge in [0.15, 0.2) is 0 Å². The fourth-order valence-electron chi connectivity index (χ4n) is 2.55. The Morgan fingerprint density at radius 1 is 1.11 bits per heavy atom. The number of hydrogen-bond donors (Lipinski definition) is 2. The fourth-order valence-corrected chi connectivity index (χ4v) is 2.55. The van der Waals surface area contributed by atoms with Gasteiger partial charge in [-0.05, 0) is 43.5 Å². The average molecular weight is 371 g/mol. The summed E-state index contributed by atoms with van der Waals surface area (Å²) in [5, 5.41) is 16.7. The van der Waals surface area contributed by atoms with Gasteiger partial charge in [0, 0.05) is 25.6 Å². The molecule has 0 aliphatic rings. The molecule has 0 saturated carbocycles. The first-order valence-electron chi connectivity index (χ1n) is 9.00. The highest BCUT2D eigenvalue weighted by Gasteiger charge is 2.11. The number of para-hydroxylation sites is 2. The van der Waals surface area contributed by atoms with Gasteiger partial charge in [0.1, 0.15) is 11.4 Å². The Labute approximate surface area is 158 Å². The van der Waals surface area contributed by atoms with Gasteiger partial charge in [0.2, 0.25) is 5.91 Å². The van der Waals surface area contributed by atoms with E-state index in [1.54, 1.807) is 18.2 Å². The van der Waals surface area contributed by atoms with Crippen LogP contribution in [-0.4, -0.2) is 30.5 Å². The Morgan fingerprint density at radius 2 is 1.93 bits per heavy atom. The molecule has 0 aromatic heterocycles. The van der Waals surface area contributed by atoms with Crippen molar-refractivity contribution >= 4 is 17.3 Å². The largest absolute Gasteiger partial charge is 0.494 e. The van der Waals surface area contributed by atoms with Gasteiger partial charge in [-0.1, -0.05) is 24.3 Å². The van der Waals surface area contributed by atoms with E-state index in [9.17, 15) is 14.9 Å². The van der Waals surface area contributed by atoms with Gasteiger partial charge < -0.3 is 15.4 Å². The van der Waals surface area contributed by atoms with Crippen LogP contribution in [0.15, 0.2) is 48.5 Å². The SMILES string of the molecule is Cc1cccc(OCCCCC(=O)NCCNc2ccccc2[N+](=O)[O-])c1. The summed E-state index contributed by atoms with van der Waals surface area (Å²) in [6, 6.07) is 14.3. The Bertz CT molecular complexity index is 764. The highest BCUT2D eigenvalue weighted by molar-refractivity contribution is 5.75. The van der Waals surface area contributed by atoms with Crippen LogP contribution in [0, 0.1) is 17.0 Å². The van der Waals surface area contributed by atoms with Crippen LogP contribution >= 0.6 is 0 Å². The lowest BCUT2D eigenvalue weighted by atomic mass is 10.2. The zero-order valence-electron chi connectivity index (χ0n) is 15.4. The molecule has 0 aliphatic heterocycles. The maximum Gasteiger partial charge on any atom is 0.292 e. The van der Waals surface area contributed by atoms with Crippen molar-refractivity contribution in [2.24, 2.45) is 0 Å². The van der Waals surface area contributed by atoms with Crippen molar-refractivity contribution in [3.05, 3.63) is 64.2 Å². The molecule has 0 atom stereocenters. The molecule has 2 aromatic rings. The molecule has 2 N–H and O–H groups in total. The van der Waals surface area contributed by atoms with Crippen LogP contribution in [0.3, 0.4) is 0 Å². The number of rotatable bonds is 11. The average Bonchev–Trinajstić information content (AvgIpc) is 2.65. The van der Waals surface area contributed by atoms with Crippen molar-refractivity contribution in [1.29, 1.82) is 0 Å². The van der Waals surface area contributed by atoms with E-state index in [4.69, 9.17) is 4.74 Å². The number of ether oxygens (including phenoxy) is 1. The first-order chi connectivity index (χ1) is 13.1. The minimum atomic E-state index is -0.431. The molecule has 0 unspecified atom stereocenters. The number of nitrogens with zero attached hydrogens (tertiary/aromatic N) is 1. The molecule has 144 valence electrons. The summed E-state index contributed by atoms with van der Waals surface area (Å²) in [6.45, 7) is 3.43. The Balaban J connectivity index is 1.56. The molecule has 2 aromatic carbocycles. The summed E-state index contributed by atoms with van der Waals surface area (Å²) in [7, 11) is 0. The molecule has 1 amide bonds. The van der Waals surface area contributed by atoms with Crippen LogP contribution in [0.5, 0.6) is 5.75 Å². The second-order valence-electron chi connectivity index (χ2n) is 6.17. The third-order valence-electron chi connectivity index (χ3n) is 3.92. The van der Waals surface area contributed by atoms with Crippen LogP contribution in [0.4, 0.5) is 11.4 Å². The van der Waals surface area contributed by atoms with Crippen LogP contribution in [0.2, 0.25) is 0 Å². The van der Waals surface area contributed by atoms with E-state index >= 15 is 0 Å². The number of hydrogen-bond acceptors (Lipinski definition) is 5. The van der Waals surface area contributed by atoms with Crippen molar-refractivity contribution in [2.75, 3.05) is 25.0 Å². The molecule has 2 rings (SSSR count). The minimum absolute atomic E-state index is 0.0254. The van der Waals surface area contributed by atoms with E-state index in [1.807, 2.05) is 31.2 Å². The van der Waals surface area contributed by atoms with Crippen molar-refractivity contribution in [3.63, 3.8) is 0 Å². The molecule has 0 aliphatic carbocycles. The summed E-state index contributed by atoms with van der Waals surface area (Å²) >= 11 is 0. The van der Waals surface area contributed by atoms with Gasteiger partial charge in [0.05, 0.1) is 11.5 Å². The van der Waals surface area contributed by atoms with Gasteiger partial charge in [-0.15, -0.1) is 0 Å². The number of nitro groups is 1. The van der Waals surface area contributed by atoms with E-state index in [2.05, 4.69) is 10.6 Å². The molecule has 0 bridgehead atoms. The van der Waals surface area contributed by atoms with E-state index in [-0.39, 0.29) is 11.6 Å². The van der Waals surface area contributed by atoms with Crippen molar-refractivity contribution < 1.29 is 14.5 Å². The summed E-state index contributed by atoms with van der Waals surface area (Å²) in [5.41, 5.74) is 1.63. The topological polar surface area (TPSA) is 93.5 Å². The van der Waals surface area contributed by atoms with Crippen molar-refractivity contribution in [1.82, 2.24) is 5.32 Å². The predicted octanol–water partition coefficient (Wildman–Crippen LogP) is 3.68. The number of benzene rings is 2. The number of nitrogens with one attached hydrogen (secondary N) is 2. The van der Waals surface area contributed by atoms with Crippen LogP contribution in [0.1, 0.15) is 24.8 Å². The maximum absolute atomic E-state index is 11.8. The van der Waals surface area contributed by atoms with Crippen LogP contribution in [-0.2, 0) is 4.79 Å². The van der Waals surface area contributed by atoms with E-state index in [0.717, 1.165) is 24.2 Å². The summed E-state index contributed by atoms with van der Waals surface area (Å²) in [5.74, 6) is 0.815. The van der Waals surface area contributed by atoms with Crippen molar-refractivity contribution in [2.45, 2.75) is 26.2 Å². The number of anilines is 1. The quantitative estimate of drug-likeness (QED) is 0.357. The number of carbonyl (C=O) groups excluding carboxylic acids is 1. The van der Waals surface area contributed by atoms with Crippen molar-refractivity contribution in [3.8, 4) is 5.75 Å². The minimum Gasteiger partial charge on any atom is -0.494 e. The van der Waals surface area contributed by atoms with Gasteiger partial charge in [-0.3, -0.25) is 14.9 Å². The molecular weight excluding hydrogens is 346 g/mol. The lowest BCUT2D eigenvalue weighted by Gasteiger charge is -2.09. The van der Waals surface area contributed by atoms with Gasteiger partial charge in [-0.2, -0.15) is 0 Å². The second kappa shape index (κ2) is 10.8. The Hall–Kier alpha value is -3.09. The number of carbonyl (C=O) groups is 1. The molecule has 7 heteroatoms. The molecular formula is C20H25N3O4. The third kappa shape index (κ3) is 7.35. The second-order valence-corrected chi connectivity index (χ2v) is 6.17. The Kier molecular flexibility index (Phi) is 8.09. The zero-order valence-corrected chi connectivity index (χ0v) is 15.4. The zero-order chi connectivity index (χ0) is 19.5. The molecule has 0 spiro atoms. The lowest BCUT2D eigenvalue weighted by molar-refractivity contribution is -0.384. The van der Waals surface area contributed by atoms with E-state index in [0.29, 0.717) is 31.8 Å². The van der Waals surface area contributed by atoms with Gasteiger partial charge >= 0.3 is 0 Å². The number of aryl methyl sites for hydroxylation is 1. The number of amides is 1. The van der Waals surface area contributed by atoms with E-state index < -0.39 is 4.92 Å². The summed E-state index contributed by atoms with van der Waals surface area (Å²) in [4.78, 5) is 22.3. The number of nitro benzene ring substituents is 1. The summed E-state index contributed by atoms with van der Waals surface area (Å²) < 4.78 is 5.65. The predicted molar refractivity (Wildman–Crippen MR) is 105 cm³/mol. The Morgan fingerprint density at radius 3 is 2.70 bits per heavy atom. The van der Waals surface area contributed by atoms with Gasteiger partial charge in [0.25, 0.3) is 5.69 Å². The molecule has 27 heavy (non-hydrogen) atoms. The molecule has 0 heterocycles. The summed E-state index contributed by atoms with van der Waals surface area (Å²) in [6.07, 6.45) is 1.98. The molecule has 0 fully saturated rings.